The van der Waals surface area contributed by atoms with Crippen LogP contribution in [0.5, 0.6) is 0 Å². The van der Waals surface area contributed by atoms with Crippen LogP contribution in [0.4, 0.5) is 5.69 Å². The van der Waals surface area contributed by atoms with Crippen LogP contribution < -0.4 is 5.32 Å². The molecule has 0 bridgehead atoms. The molecule has 1 heterocycles. The van der Waals surface area contributed by atoms with Crippen molar-refractivity contribution < 1.29 is 4.79 Å². The topological polar surface area (TPSA) is 46.9 Å². The van der Waals surface area contributed by atoms with Gasteiger partial charge in [0.25, 0.3) is 5.91 Å². The van der Waals surface area contributed by atoms with Gasteiger partial charge in [0.15, 0.2) is 0 Å². The third-order valence-electron chi connectivity index (χ3n) is 3.21. The van der Waals surface area contributed by atoms with Crippen LogP contribution in [0.3, 0.4) is 0 Å². The molecular formula is C17H15N3O. The highest BCUT2D eigenvalue weighted by atomic mass is 16.2. The van der Waals surface area contributed by atoms with Gasteiger partial charge in [0.1, 0.15) is 5.69 Å². The monoisotopic (exact) mass is 277 g/mol. The normalized spacial score (nSPS) is 10.3. The van der Waals surface area contributed by atoms with Gasteiger partial charge in [0.05, 0.1) is 5.69 Å². The first-order chi connectivity index (χ1) is 10.2. The lowest BCUT2D eigenvalue weighted by Crippen LogP contribution is -2.15. The number of hydrogen-bond donors (Lipinski definition) is 1. The van der Waals surface area contributed by atoms with Gasteiger partial charge in [0, 0.05) is 18.3 Å². The Morgan fingerprint density at radius 2 is 1.62 bits per heavy atom. The number of para-hydroxylation sites is 1. The summed E-state index contributed by atoms with van der Waals surface area (Å²) >= 11 is 0. The molecule has 104 valence electrons. The maximum Gasteiger partial charge on any atom is 0.273 e. The van der Waals surface area contributed by atoms with Crippen molar-refractivity contribution >= 4 is 11.6 Å². The number of amides is 1. The van der Waals surface area contributed by atoms with Gasteiger partial charge in [-0.2, -0.15) is 5.10 Å². The summed E-state index contributed by atoms with van der Waals surface area (Å²) in [6.07, 6.45) is 0. The highest BCUT2D eigenvalue weighted by Gasteiger charge is 2.14. The molecule has 0 unspecified atom stereocenters. The van der Waals surface area contributed by atoms with Crippen molar-refractivity contribution in [2.75, 3.05) is 5.32 Å². The van der Waals surface area contributed by atoms with Crippen LogP contribution in [-0.4, -0.2) is 15.7 Å². The van der Waals surface area contributed by atoms with Crippen molar-refractivity contribution in [3.8, 4) is 11.3 Å². The van der Waals surface area contributed by atoms with E-state index in [1.165, 1.54) is 0 Å². The highest BCUT2D eigenvalue weighted by Crippen LogP contribution is 2.19. The molecule has 0 aliphatic rings. The molecule has 1 amide bonds. The third kappa shape index (κ3) is 2.84. The lowest BCUT2D eigenvalue weighted by Gasteiger charge is -2.04. The van der Waals surface area contributed by atoms with Gasteiger partial charge in [-0.15, -0.1) is 0 Å². The second-order valence-electron chi connectivity index (χ2n) is 4.72. The minimum Gasteiger partial charge on any atom is -0.321 e. The summed E-state index contributed by atoms with van der Waals surface area (Å²) in [6.45, 7) is 0. The maximum absolute atomic E-state index is 12.3. The molecule has 0 aliphatic carbocycles. The fourth-order valence-electron chi connectivity index (χ4n) is 2.15. The maximum atomic E-state index is 12.3. The second-order valence-corrected chi connectivity index (χ2v) is 4.72. The SMILES string of the molecule is Cn1nc(-c2ccccc2)cc1C(=O)Nc1ccccc1. The van der Waals surface area contributed by atoms with Crippen LogP contribution in [-0.2, 0) is 7.05 Å². The van der Waals surface area contributed by atoms with Crippen LogP contribution in [0.1, 0.15) is 10.5 Å². The molecule has 1 N–H and O–H groups in total. The van der Waals surface area contributed by atoms with Crippen molar-refractivity contribution in [2.45, 2.75) is 0 Å². The molecule has 3 aromatic rings. The molecule has 0 fully saturated rings. The molecule has 21 heavy (non-hydrogen) atoms. The van der Waals surface area contributed by atoms with Crippen LogP contribution in [0.15, 0.2) is 66.7 Å². The van der Waals surface area contributed by atoms with E-state index < -0.39 is 0 Å². The van der Waals surface area contributed by atoms with Gasteiger partial charge >= 0.3 is 0 Å². The van der Waals surface area contributed by atoms with E-state index in [2.05, 4.69) is 10.4 Å². The van der Waals surface area contributed by atoms with Crippen LogP contribution >= 0.6 is 0 Å². The molecule has 0 atom stereocenters. The number of aryl methyl sites for hydroxylation is 1. The Bertz CT molecular complexity index is 748. The molecule has 3 rings (SSSR count). The van der Waals surface area contributed by atoms with Gasteiger partial charge in [-0.1, -0.05) is 48.5 Å². The van der Waals surface area contributed by atoms with Crippen molar-refractivity contribution in [1.82, 2.24) is 9.78 Å². The zero-order chi connectivity index (χ0) is 14.7. The number of nitrogens with zero attached hydrogens (tertiary/aromatic N) is 2. The standard InChI is InChI=1S/C17H15N3O/c1-20-16(17(21)18-14-10-6-3-7-11-14)12-15(19-20)13-8-4-2-5-9-13/h2-12H,1H3,(H,18,21). The first-order valence-corrected chi connectivity index (χ1v) is 6.70. The van der Waals surface area contributed by atoms with Crippen molar-refractivity contribution in [1.29, 1.82) is 0 Å². The van der Waals surface area contributed by atoms with Crippen molar-refractivity contribution in [2.24, 2.45) is 7.05 Å². The number of aromatic nitrogens is 2. The zero-order valence-corrected chi connectivity index (χ0v) is 11.7. The molecule has 0 spiro atoms. The molecule has 1 aromatic heterocycles. The molecule has 2 aromatic carbocycles. The Hall–Kier alpha value is -2.88. The van der Waals surface area contributed by atoms with Crippen LogP contribution in [0.2, 0.25) is 0 Å². The van der Waals surface area contributed by atoms with E-state index in [4.69, 9.17) is 0 Å². The number of hydrogen-bond acceptors (Lipinski definition) is 2. The van der Waals surface area contributed by atoms with Crippen LogP contribution in [0, 0.1) is 0 Å². The summed E-state index contributed by atoms with van der Waals surface area (Å²) in [5.41, 5.74) is 3.07. The summed E-state index contributed by atoms with van der Waals surface area (Å²) in [5.74, 6) is -0.168. The van der Waals surface area contributed by atoms with Gasteiger partial charge in [-0.25, -0.2) is 0 Å². The van der Waals surface area contributed by atoms with Crippen LogP contribution in [0.25, 0.3) is 11.3 Å². The minimum absolute atomic E-state index is 0.168. The molecule has 4 nitrogen and oxygen atoms in total. The van der Waals surface area contributed by atoms with Gasteiger partial charge in [-0.05, 0) is 18.2 Å². The average molecular weight is 277 g/mol. The van der Waals surface area contributed by atoms with E-state index in [-0.39, 0.29) is 5.91 Å². The first-order valence-electron chi connectivity index (χ1n) is 6.70. The Morgan fingerprint density at radius 1 is 1.00 bits per heavy atom. The predicted molar refractivity (Wildman–Crippen MR) is 83.0 cm³/mol. The minimum atomic E-state index is -0.168. The molecular weight excluding hydrogens is 262 g/mol. The van der Waals surface area contributed by atoms with Crippen molar-refractivity contribution in [3.05, 3.63) is 72.4 Å². The zero-order valence-electron chi connectivity index (χ0n) is 11.7. The predicted octanol–water partition coefficient (Wildman–Crippen LogP) is 3.34. The average Bonchev–Trinajstić information content (AvgIpc) is 2.91. The van der Waals surface area contributed by atoms with E-state index in [1.807, 2.05) is 60.7 Å². The molecule has 0 saturated carbocycles. The Balaban J connectivity index is 1.86. The van der Waals surface area contributed by atoms with Gasteiger partial charge in [-0.3, -0.25) is 9.48 Å². The van der Waals surface area contributed by atoms with Gasteiger partial charge < -0.3 is 5.32 Å². The Labute approximate surface area is 123 Å². The lowest BCUT2D eigenvalue weighted by molar-refractivity contribution is 0.101. The molecule has 0 aliphatic heterocycles. The number of rotatable bonds is 3. The van der Waals surface area contributed by atoms with E-state index in [0.717, 1.165) is 16.9 Å². The summed E-state index contributed by atoms with van der Waals surface area (Å²) in [4.78, 5) is 12.3. The lowest BCUT2D eigenvalue weighted by atomic mass is 10.1. The summed E-state index contributed by atoms with van der Waals surface area (Å²) in [5, 5.41) is 7.26. The van der Waals surface area contributed by atoms with E-state index >= 15 is 0 Å². The van der Waals surface area contributed by atoms with Gasteiger partial charge in [0.2, 0.25) is 0 Å². The largest absolute Gasteiger partial charge is 0.321 e. The summed E-state index contributed by atoms with van der Waals surface area (Å²) < 4.78 is 1.60. The molecule has 0 radical (unpaired) electrons. The van der Waals surface area contributed by atoms with Crippen molar-refractivity contribution in [3.63, 3.8) is 0 Å². The first kappa shape index (κ1) is 13.1. The third-order valence-corrected chi connectivity index (χ3v) is 3.21. The quantitative estimate of drug-likeness (QED) is 0.798. The van der Waals surface area contributed by atoms with E-state index in [9.17, 15) is 4.79 Å². The summed E-state index contributed by atoms with van der Waals surface area (Å²) in [7, 11) is 1.77. The number of anilines is 1. The molecule has 4 heteroatoms. The Morgan fingerprint density at radius 3 is 2.29 bits per heavy atom. The number of carbonyl (C=O) groups is 1. The van der Waals surface area contributed by atoms with E-state index in [0.29, 0.717) is 5.69 Å². The number of benzene rings is 2. The fraction of sp³-hybridized carbons (Fsp3) is 0.0588. The molecule has 0 saturated heterocycles. The Kier molecular flexibility index (Phi) is 3.51. The fourth-order valence-corrected chi connectivity index (χ4v) is 2.15. The number of nitrogens with one attached hydrogen (secondary N) is 1. The number of carbonyl (C=O) groups excluding carboxylic acids is 1. The second kappa shape index (κ2) is 5.63. The smallest absolute Gasteiger partial charge is 0.273 e. The highest BCUT2D eigenvalue weighted by molar-refractivity contribution is 6.03. The summed E-state index contributed by atoms with van der Waals surface area (Å²) in [6, 6.07) is 21.0. The van der Waals surface area contributed by atoms with E-state index in [1.54, 1.807) is 17.8 Å².